The fraction of sp³-hybridized carbons (Fsp3) is 0.947. The smallest absolute Gasteiger partial charge is 0.305 e. The van der Waals surface area contributed by atoms with E-state index in [1.54, 1.807) is 0 Å². The second kappa shape index (κ2) is 32.3. The summed E-state index contributed by atoms with van der Waals surface area (Å²) in [5.41, 5.74) is 0. The predicted octanol–water partition coefficient (Wildman–Crippen LogP) is 8.16. The molecule has 8 heteroatoms. The molecule has 0 aromatic heterocycles. The van der Waals surface area contributed by atoms with Crippen molar-refractivity contribution in [2.75, 3.05) is 60.1 Å². The van der Waals surface area contributed by atoms with Gasteiger partial charge in [-0.1, -0.05) is 142 Å². The minimum atomic E-state index is -0.808. The maximum Gasteiger partial charge on any atom is 0.305 e. The molecule has 2 N–H and O–H groups in total. The summed E-state index contributed by atoms with van der Waals surface area (Å²) in [7, 11) is 3.91. The quantitative estimate of drug-likeness (QED) is 0.0307. The Morgan fingerprint density at radius 2 is 0.913 bits per heavy atom. The number of ether oxygens (including phenoxy) is 2. The zero-order chi connectivity index (χ0) is 34.1. The molecule has 1 unspecified atom stereocenters. The number of hydrogen-bond donors (Lipinski definition) is 2. The third-order valence-corrected chi connectivity index (χ3v) is 9.04. The van der Waals surface area contributed by atoms with Crippen LogP contribution in [0.1, 0.15) is 168 Å². The van der Waals surface area contributed by atoms with Gasteiger partial charge in [-0.3, -0.25) is 14.5 Å². The van der Waals surface area contributed by atoms with Crippen LogP contribution in [-0.4, -0.2) is 97.9 Å². The molecule has 0 aromatic carbocycles. The molecule has 0 radical (unpaired) electrons. The maximum absolute atomic E-state index is 12.3. The summed E-state index contributed by atoms with van der Waals surface area (Å²) in [6.07, 6.45) is 27.3. The Hall–Kier alpha value is -1.22. The Bertz CT molecular complexity index is 646. The molecule has 0 saturated carbocycles. The number of carbonyl (C=O) groups is 2. The van der Waals surface area contributed by atoms with E-state index in [9.17, 15) is 19.8 Å². The molecule has 0 aromatic rings. The monoisotopic (exact) mass is 658 g/mol. The highest BCUT2D eigenvalue weighted by Gasteiger charge is 2.25. The lowest BCUT2D eigenvalue weighted by molar-refractivity contribution is -0.895. The molecule has 0 rings (SSSR count). The molecule has 274 valence electrons. The average molecular weight is 658 g/mol. The van der Waals surface area contributed by atoms with E-state index in [0.29, 0.717) is 43.5 Å². The summed E-state index contributed by atoms with van der Waals surface area (Å²) in [5.74, 6) is -0.389. The standard InChI is InChI=1S/C38H77N2O6/c1-5-7-9-11-13-15-17-19-21-23-25-27-37(43)45-33-29-39(36(42)35-40(3,4)31-32-41)30-34-46-38(44)28-26-24-22-20-18-16-14-12-10-8-6-2/h36,41-42H,5-35H2,1-4H3/q+1. The van der Waals surface area contributed by atoms with E-state index < -0.39 is 6.23 Å². The topological polar surface area (TPSA) is 96.3 Å². The number of nitrogens with zero attached hydrogens (tertiary/aromatic N) is 2. The van der Waals surface area contributed by atoms with Crippen LogP contribution >= 0.6 is 0 Å². The SMILES string of the molecule is CCCCCCCCCCCCCC(=O)OCCN(CCOC(=O)CCCCCCCCCCCCC)C(O)C[N+](C)(C)CCO. The third kappa shape index (κ3) is 30.1. The van der Waals surface area contributed by atoms with Gasteiger partial charge in [0.25, 0.3) is 0 Å². The minimum Gasteiger partial charge on any atom is -0.464 e. The van der Waals surface area contributed by atoms with Crippen molar-refractivity contribution in [3.8, 4) is 0 Å². The van der Waals surface area contributed by atoms with Crippen molar-refractivity contribution in [1.82, 2.24) is 4.90 Å². The van der Waals surface area contributed by atoms with Crippen molar-refractivity contribution in [2.45, 2.75) is 174 Å². The number of quaternary nitrogens is 1. The van der Waals surface area contributed by atoms with E-state index in [4.69, 9.17) is 9.47 Å². The zero-order valence-corrected chi connectivity index (χ0v) is 30.9. The van der Waals surface area contributed by atoms with Crippen LogP contribution in [0.4, 0.5) is 0 Å². The van der Waals surface area contributed by atoms with Gasteiger partial charge in [0.05, 0.1) is 20.7 Å². The van der Waals surface area contributed by atoms with E-state index in [2.05, 4.69) is 13.8 Å². The van der Waals surface area contributed by atoms with Gasteiger partial charge in [0.2, 0.25) is 0 Å². The van der Waals surface area contributed by atoms with Gasteiger partial charge in [0.15, 0.2) is 6.23 Å². The Morgan fingerprint density at radius 1 is 0.587 bits per heavy atom. The molecule has 46 heavy (non-hydrogen) atoms. The molecule has 0 aliphatic carbocycles. The highest BCUT2D eigenvalue weighted by atomic mass is 16.5. The lowest BCUT2D eigenvalue weighted by Crippen LogP contribution is -2.53. The van der Waals surface area contributed by atoms with Gasteiger partial charge in [-0.15, -0.1) is 0 Å². The number of aliphatic hydroxyl groups excluding tert-OH is 2. The molecular formula is C38H77N2O6+. The molecule has 0 bridgehead atoms. The van der Waals surface area contributed by atoms with E-state index in [1.165, 1.54) is 116 Å². The lowest BCUT2D eigenvalue weighted by atomic mass is 10.1. The first kappa shape index (κ1) is 44.8. The van der Waals surface area contributed by atoms with Crippen LogP contribution in [0.3, 0.4) is 0 Å². The van der Waals surface area contributed by atoms with E-state index in [-0.39, 0.29) is 31.8 Å². The van der Waals surface area contributed by atoms with Crippen molar-refractivity contribution >= 4 is 11.9 Å². The Balaban J connectivity index is 4.24. The van der Waals surface area contributed by atoms with Gasteiger partial charge in [-0.25, -0.2) is 0 Å². The normalized spacial score (nSPS) is 12.5. The highest BCUT2D eigenvalue weighted by molar-refractivity contribution is 5.69. The largest absolute Gasteiger partial charge is 0.464 e. The molecular weight excluding hydrogens is 580 g/mol. The number of likely N-dealkylation sites (N-methyl/N-ethyl adjacent to an activating group) is 1. The second-order valence-corrected chi connectivity index (χ2v) is 14.1. The summed E-state index contributed by atoms with van der Waals surface area (Å²) >= 11 is 0. The van der Waals surface area contributed by atoms with Crippen LogP contribution < -0.4 is 0 Å². The number of rotatable bonds is 35. The third-order valence-electron chi connectivity index (χ3n) is 9.04. The average Bonchev–Trinajstić information content (AvgIpc) is 3.01. The predicted molar refractivity (Wildman–Crippen MR) is 191 cm³/mol. The number of esters is 2. The molecule has 0 spiro atoms. The Kier molecular flexibility index (Phi) is 31.5. The van der Waals surface area contributed by atoms with Crippen molar-refractivity contribution in [3.05, 3.63) is 0 Å². The van der Waals surface area contributed by atoms with Gasteiger partial charge < -0.3 is 24.2 Å². The fourth-order valence-corrected chi connectivity index (χ4v) is 5.89. The summed E-state index contributed by atoms with van der Waals surface area (Å²) in [5, 5.41) is 20.4. The van der Waals surface area contributed by atoms with Crippen LogP contribution in [0.25, 0.3) is 0 Å². The van der Waals surface area contributed by atoms with Gasteiger partial charge in [0, 0.05) is 25.9 Å². The van der Waals surface area contributed by atoms with Crippen LogP contribution in [0.15, 0.2) is 0 Å². The first-order valence-electron chi connectivity index (χ1n) is 19.4. The summed E-state index contributed by atoms with van der Waals surface area (Å²) in [4.78, 5) is 26.4. The summed E-state index contributed by atoms with van der Waals surface area (Å²) < 4.78 is 11.4. The molecule has 0 amide bonds. The summed E-state index contributed by atoms with van der Waals surface area (Å²) in [6.45, 7) is 6.56. The molecule has 0 fully saturated rings. The molecule has 0 aliphatic heterocycles. The molecule has 0 saturated heterocycles. The molecule has 0 heterocycles. The maximum atomic E-state index is 12.3. The molecule has 0 aliphatic rings. The molecule has 8 nitrogen and oxygen atoms in total. The van der Waals surface area contributed by atoms with Gasteiger partial charge in [0.1, 0.15) is 26.3 Å². The van der Waals surface area contributed by atoms with E-state index >= 15 is 0 Å². The summed E-state index contributed by atoms with van der Waals surface area (Å²) in [6, 6.07) is 0. The van der Waals surface area contributed by atoms with Crippen LogP contribution in [-0.2, 0) is 19.1 Å². The van der Waals surface area contributed by atoms with Crippen LogP contribution in [0.2, 0.25) is 0 Å². The Morgan fingerprint density at radius 3 is 1.24 bits per heavy atom. The van der Waals surface area contributed by atoms with Crippen LogP contribution in [0, 0.1) is 0 Å². The second-order valence-electron chi connectivity index (χ2n) is 14.1. The number of unbranched alkanes of at least 4 members (excludes halogenated alkanes) is 20. The van der Waals surface area contributed by atoms with E-state index in [0.717, 1.165) is 25.7 Å². The fourth-order valence-electron chi connectivity index (χ4n) is 5.89. The Labute approximate surface area is 284 Å². The molecule has 1 atom stereocenters. The van der Waals surface area contributed by atoms with E-state index in [1.807, 2.05) is 19.0 Å². The lowest BCUT2D eigenvalue weighted by Gasteiger charge is -2.35. The van der Waals surface area contributed by atoms with Crippen molar-refractivity contribution < 1.29 is 33.8 Å². The van der Waals surface area contributed by atoms with Crippen molar-refractivity contribution in [3.63, 3.8) is 0 Å². The highest BCUT2D eigenvalue weighted by Crippen LogP contribution is 2.14. The number of carbonyl (C=O) groups excluding carboxylic acids is 2. The van der Waals surface area contributed by atoms with Crippen molar-refractivity contribution in [2.24, 2.45) is 0 Å². The van der Waals surface area contributed by atoms with Crippen molar-refractivity contribution in [1.29, 1.82) is 0 Å². The first-order valence-corrected chi connectivity index (χ1v) is 19.4. The number of aliphatic hydroxyl groups is 2. The minimum absolute atomic E-state index is 0.0348. The van der Waals surface area contributed by atoms with Gasteiger partial charge >= 0.3 is 11.9 Å². The van der Waals surface area contributed by atoms with Gasteiger partial charge in [-0.05, 0) is 12.8 Å². The number of hydrogen-bond acceptors (Lipinski definition) is 7. The van der Waals surface area contributed by atoms with Gasteiger partial charge in [-0.2, -0.15) is 0 Å². The van der Waals surface area contributed by atoms with Crippen LogP contribution in [0.5, 0.6) is 0 Å². The first-order chi connectivity index (χ1) is 22.3. The zero-order valence-electron chi connectivity index (χ0n) is 30.9.